The van der Waals surface area contributed by atoms with E-state index in [4.69, 9.17) is 10.2 Å². The van der Waals surface area contributed by atoms with Gasteiger partial charge in [-0.2, -0.15) is 0 Å². The van der Waals surface area contributed by atoms with Crippen molar-refractivity contribution in [1.29, 1.82) is 0 Å². The quantitative estimate of drug-likeness (QED) is 0.483. The number of aliphatic hydroxyl groups is 2. The van der Waals surface area contributed by atoms with Crippen molar-refractivity contribution in [2.24, 2.45) is 5.92 Å². The minimum atomic E-state index is 0.124. The lowest BCUT2D eigenvalue weighted by molar-refractivity contribution is 0.116. The zero-order chi connectivity index (χ0) is 7.40. The normalized spacial score (nSPS) is 34.2. The molecule has 0 spiro atoms. The third-order valence-corrected chi connectivity index (χ3v) is 2.16. The van der Waals surface area contributed by atoms with Crippen LogP contribution < -0.4 is 5.32 Å². The maximum absolute atomic E-state index is 8.84. The molecule has 0 unspecified atom stereocenters. The molecular weight excluding hydrogens is 130 g/mol. The highest BCUT2D eigenvalue weighted by atomic mass is 16.3. The van der Waals surface area contributed by atoms with Gasteiger partial charge in [0.2, 0.25) is 0 Å². The molecule has 0 amide bonds. The summed E-state index contributed by atoms with van der Waals surface area (Å²) in [4.78, 5) is 0. The maximum Gasteiger partial charge on any atom is 0.0588 e. The fourth-order valence-electron chi connectivity index (χ4n) is 1.45. The molecule has 0 aromatic carbocycles. The first-order chi connectivity index (χ1) is 4.88. The number of hydrogen-bond acceptors (Lipinski definition) is 3. The Morgan fingerprint density at radius 3 is 2.60 bits per heavy atom. The van der Waals surface area contributed by atoms with Crippen LogP contribution in [0.2, 0.25) is 0 Å². The predicted molar refractivity (Wildman–Crippen MR) is 38.7 cm³/mol. The number of rotatable bonds is 2. The average molecular weight is 145 g/mol. The summed E-state index contributed by atoms with van der Waals surface area (Å²) in [6.07, 6.45) is 2.15. The van der Waals surface area contributed by atoms with Gasteiger partial charge in [-0.05, 0) is 25.3 Å². The molecular formula is C7H15NO2. The zero-order valence-electron chi connectivity index (χ0n) is 6.08. The number of aliphatic hydroxyl groups excluding tert-OH is 2. The fourth-order valence-corrected chi connectivity index (χ4v) is 1.45. The van der Waals surface area contributed by atoms with Gasteiger partial charge in [-0.1, -0.05) is 0 Å². The summed E-state index contributed by atoms with van der Waals surface area (Å²) in [6.45, 7) is 1.31. The van der Waals surface area contributed by atoms with Gasteiger partial charge in [-0.15, -0.1) is 0 Å². The Morgan fingerprint density at radius 1 is 1.30 bits per heavy atom. The van der Waals surface area contributed by atoms with E-state index in [9.17, 15) is 0 Å². The molecule has 3 N–H and O–H groups in total. The zero-order valence-corrected chi connectivity index (χ0v) is 6.08. The van der Waals surface area contributed by atoms with Gasteiger partial charge in [0, 0.05) is 12.6 Å². The summed E-state index contributed by atoms with van der Waals surface area (Å²) < 4.78 is 0. The van der Waals surface area contributed by atoms with E-state index in [0.717, 1.165) is 19.4 Å². The topological polar surface area (TPSA) is 52.5 Å². The van der Waals surface area contributed by atoms with Crippen LogP contribution in [0.5, 0.6) is 0 Å². The van der Waals surface area contributed by atoms with Crippen LogP contribution in [-0.4, -0.2) is 36.0 Å². The monoisotopic (exact) mass is 145 g/mol. The van der Waals surface area contributed by atoms with Gasteiger partial charge < -0.3 is 15.5 Å². The molecule has 0 aliphatic carbocycles. The minimum Gasteiger partial charge on any atom is -0.396 e. The summed E-state index contributed by atoms with van der Waals surface area (Å²) in [7, 11) is 0. The van der Waals surface area contributed by atoms with E-state index < -0.39 is 0 Å². The van der Waals surface area contributed by atoms with Crippen LogP contribution in [0.15, 0.2) is 0 Å². The SMILES string of the molecule is OC[C@H]1CCCN[C@H]1CO. The molecule has 1 heterocycles. The molecule has 1 aliphatic rings. The van der Waals surface area contributed by atoms with Crippen molar-refractivity contribution in [1.82, 2.24) is 5.32 Å². The second kappa shape index (κ2) is 3.91. The lowest BCUT2D eigenvalue weighted by atomic mass is 9.92. The van der Waals surface area contributed by atoms with E-state index in [0.29, 0.717) is 0 Å². The van der Waals surface area contributed by atoms with Crippen molar-refractivity contribution in [2.75, 3.05) is 19.8 Å². The molecule has 60 valence electrons. The number of piperidine rings is 1. The average Bonchev–Trinajstić information content (AvgIpc) is 2.04. The summed E-state index contributed by atoms with van der Waals surface area (Å²) in [5.74, 6) is 0.263. The van der Waals surface area contributed by atoms with Crippen molar-refractivity contribution in [3.8, 4) is 0 Å². The summed E-state index contributed by atoms with van der Waals surface area (Å²) >= 11 is 0. The fraction of sp³-hybridized carbons (Fsp3) is 1.00. The molecule has 3 nitrogen and oxygen atoms in total. The second-order valence-electron chi connectivity index (χ2n) is 2.83. The van der Waals surface area contributed by atoms with Gasteiger partial charge in [0.15, 0.2) is 0 Å². The third-order valence-electron chi connectivity index (χ3n) is 2.16. The number of nitrogens with one attached hydrogen (secondary N) is 1. The highest BCUT2D eigenvalue weighted by Gasteiger charge is 2.22. The van der Waals surface area contributed by atoms with Gasteiger partial charge in [0.1, 0.15) is 0 Å². The lowest BCUT2D eigenvalue weighted by Gasteiger charge is -2.29. The molecule has 0 radical (unpaired) electrons. The van der Waals surface area contributed by atoms with Crippen LogP contribution in [0.4, 0.5) is 0 Å². The first-order valence-corrected chi connectivity index (χ1v) is 3.83. The van der Waals surface area contributed by atoms with Crippen LogP contribution in [0, 0.1) is 5.92 Å². The number of hydrogen-bond donors (Lipinski definition) is 3. The Balaban J connectivity index is 2.34. The van der Waals surface area contributed by atoms with E-state index in [1.807, 2.05) is 0 Å². The lowest BCUT2D eigenvalue weighted by Crippen LogP contribution is -2.45. The maximum atomic E-state index is 8.84. The smallest absolute Gasteiger partial charge is 0.0588 e. The van der Waals surface area contributed by atoms with Gasteiger partial charge in [0.05, 0.1) is 6.61 Å². The molecule has 2 atom stereocenters. The summed E-state index contributed by atoms with van der Waals surface area (Å²) in [5.41, 5.74) is 0. The third kappa shape index (κ3) is 1.68. The van der Waals surface area contributed by atoms with E-state index in [2.05, 4.69) is 5.32 Å². The van der Waals surface area contributed by atoms with Crippen LogP contribution in [0.25, 0.3) is 0 Å². The molecule has 10 heavy (non-hydrogen) atoms. The Hall–Kier alpha value is -0.120. The summed E-state index contributed by atoms with van der Waals surface area (Å²) in [5, 5.41) is 20.8. The highest BCUT2D eigenvalue weighted by Crippen LogP contribution is 2.14. The van der Waals surface area contributed by atoms with E-state index in [-0.39, 0.29) is 25.2 Å². The molecule has 0 saturated carbocycles. The minimum absolute atomic E-state index is 0.124. The van der Waals surface area contributed by atoms with Gasteiger partial charge in [-0.25, -0.2) is 0 Å². The molecule has 0 aromatic rings. The van der Waals surface area contributed by atoms with E-state index >= 15 is 0 Å². The van der Waals surface area contributed by atoms with Crippen molar-refractivity contribution in [3.05, 3.63) is 0 Å². The van der Waals surface area contributed by atoms with E-state index in [1.165, 1.54) is 0 Å². The first-order valence-electron chi connectivity index (χ1n) is 3.83. The highest BCUT2D eigenvalue weighted by molar-refractivity contribution is 4.79. The second-order valence-corrected chi connectivity index (χ2v) is 2.83. The molecule has 1 fully saturated rings. The Morgan fingerprint density at radius 2 is 2.10 bits per heavy atom. The van der Waals surface area contributed by atoms with Crippen molar-refractivity contribution >= 4 is 0 Å². The molecule has 3 heteroatoms. The van der Waals surface area contributed by atoms with Crippen LogP contribution in [0.3, 0.4) is 0 Å². The molecule has 1 saturated heterocycles. The van der Waals surface area contributed by atoms with Crippen LogP contribution in [0.1, 0.15) is 12.8 Å². The van der Waals surface area contributed by atoms with Gasteiger partial charge in [0.25, 0.3) is 0 Å². The largest absolute Gasteiger partial charge is 0.396 e. The van der Waals surface area contributed by atoms with Crippen molar-refractivity contribution < 1.29 is 10.2 Å². The van der Waals surface area contributed by atoms with Crippen LogP contribution in [-0.2, 0) is 0 Å². The molecule has 0 bridgehead atoms. The Kier molecular flexibility index (Phi) is 3.12. The Bertz CT molecular complexity index is 85.6. The molecule has 1 rings (SSSR count). The predicted octanol–water partition coefficient (Wildman–Crippen LogP) is -0.661. The van der Waals surface area contributed by atoms with Gasteiger partial charge in [-0.3, -0.25) is 0 Å². The Labute approximate surface area is 61.1 Å². The van der Waals surface area contributed by atoms with Gasteiger partial charge >= 0.3 is 0 Å². The summed E-state index contributed by atoms with van der Waals surface area (Å²) in [6, 6.07) is 0.124. The van der Waals surface area contributed by atoms with Crippen LogP contribution >= 0.6 is 0 Å². The van der Waals surface area contributed by atoms with Crippen molar-refractivity contribution in [3.63, 3.8) is 0 Å². The standard InChI is InChI=1S/C7H15NO2/c9-4-6-2-1-3-8-7(6)5-10/h6-10H,1-5H2/t6-,7+/m1/s1. The molecule has 0 aromatic heterocycles. The molecule has 1 aliphatic heterocycles. The first kappa shape index (κ1) is 7.98. The van der Waals surface area contributed by atoms with Crippen molar-refractivity contribution in [2.45, 2.75) is 18.9 Å². The van der Waals surface area contributed by atoms with E-state index in [1.54, 1.807) is 0 Å².